The fourth-order valence-electron chi connectivity index (χ4n) is 1.81. The molecule has 0 aromatic heterocycles. The van der Waals surface area contributed by atoms with E-state index >= 15 is 0 Å². The molecule has 0 saturated carbocycles. The van der Waals surface area contributed by atoms with Crippen molar-refractivity contribution in [2.45, 2.75) is 12.4 Å². The number of benzene rings is 1. The van der Waals surface area contributed by atoms with E-state index in [-0.39, 0.29) is 12.1 Å². The summed E-state index contributed by atoms with van der Waals surface area (Å²) >= 11 is 0. The Bertz CT molecular complexity index is 582. The van der Waals surface area contributed by atoms with Crippen LogP contribution in [0.1, 0.15) is 31.8 Å². The number of halogens is 6. The normalized spacial score (nSPS) is 15.5. The second-order valence-corrected chi connectivity index (χ2v) is 4.00. The van der Waals surface area contributed by atoms with Crippen molar-refractivity contribution in [2.24, 2.45) is 0 Å². The van der Waals surface area contributed by atoms with Crippen molar-refractivity contribution in [3.63, 3.8) is 0 Å². The second kappa shape index (κ2) is 4.19. The molecule has 1 aromatic carbocycles. The average Bonchev–Trinajstić information content (AvgIpc) is 2.30. The summed E-state index contributed by atoms with van der Waals surface area (Å²) < 4.78 is 76.0. The quantitative estimate of drug-likeness (QED) is 0.684. The van der Waals surface area contributed by atoms with Gasteiger partial charge in [0, 0.05) is 11.1 Å². The van der Waals surface area contributed by atoms with Crippen LogP contribution in [-0.4, -0.2) is 11.6 Å². The first-order chi connectivity index (χ1) is 9.01. The molecular weight excluding hydrogens is 290 g/mol. The Hall–Kier alpha value is -2.12. The number of fused-ring (bicyclic) bond motifs is 1. The molecule has 1 aromatic rings. The highest BCUT2D eigenvalue weighted by atomic mass is 19.4. The van der Waals surface area contributed by atoms with Gasteiger partial charge in [0.05, 0.1) is 11.1 Å². The first-order valence-corrected chi connectivity index (χ1v) is 5.11. The van der Waals surface area contributed by atoms with Gasteiger partial charge >= 0.3 is 12.4 Å². The lowest BCUT2D eigenvalue weighted by Crippen LogP contribution is -2.21. The van der Waals surface area contributed by atoms with Crippen LogP contribution in [0.25, 0.3) is 0 Å². The Morgan fingerprint density at radius 1 is 0.650 bits per heavy atom. The number of rotatable bonds is 0. The number of ketones is 2. The minimum Gasteiger partial charge on any atom is -0.289 e. The maximum atomic E-state index is 12.7. The summed E-state index contributed by atoms with van der Waals surface area (Å²) in [5, 5.41) is 0. The Balaban J connectivity index is 2.81. The highest BCUT2D eigenvalue weighted by molar-refractivity contribution is 6.22. The summed E-state index contributed by atoms with van der Waals surface area (Å²) in [6.07, 6.45) is -9.13. The lowest BCUT2D eigenvalue weighted by atomic mass is 9.89. The Kier molecular flexibility index (Phi) is 2.99. The van der Waals surface area contributed by atoms with Gasteiger partial charge in [0.2, 0.25) is 0 Å². The smallest absolute Gasteiger partial charge is 0.289 e. The fraction of sp³-hybridized carbons (Fsp3) is 0.167. The molecule has 0 spiro atoms. The second-order valence-electron chi connectivity index (χ2n) is 4.00. The van der Waals surface area contributed by atoms with Crippen molar-refractivity contribution in [3.8, 4) is 0 Å². The molecular formula is C12H4F6O2. The monoisotopic (exact) mass is 294 g/mol. The van der Waals surface area contributed by atoms with E-state index in [4.69, 9.17) is 0 Å². The molecule has 0 N–H and O–H groups in total. The van der Waals surface area contributed by atoms with Crippen LogP contribution in [0.15, 0.2) is 24.3 Å². The van der Waals surface area contributed by atoms with Gasteiger partial charge in [0.15, 0.2) is 11.6 Å². The molecule has 0 unspecified atom stereocenters. The van der Waals surface area contributed by atoms with E-state index in [0.717, 1.165) is 12.2 Å². The minimum absolute atomic E-state index is 0.0713. The predicted molar refractivity (Wildman–Crippen MR) is 54.2 cm³/mol. The van der Waals surface area contributed by atoms with E-state index in [1.807, 2.05) is 0 Å². The number of carbonyl (C=O) groups excluding carboxylic acids is 2. The third-order valence-corrected chi connectivity index (χ3v) is 2.69. The zero-order valence-corrected chi connectivity index (χ0v) is 9.39. The molecule has 106 valence electrons. The van der Waals surface area contributed by atoms with Crippen LogP contribution in [0, 0.1) is 0 Å². The lowest BCUT2D eigenvalue weighted by molar-refractivity contribution is -0.162. The van der Waals surface area contributed by atoms with Crippen LogP contribution < -0.4 is 0 Å². The number of alkyl halides is 6. The Morgan fingerprint density at radius 2 is 0.950 bits per heavy atom. The molecule has 0 fully saturated rings. The van der Waals surface area contributed by atoms with Crippen molar-refractivity contribution < 1.29 is 35.9 Å². The van der Waals surface area contributed by atoms with Crippen LogP contribution >= 0.6 is 0 Å². The molecule has 0 atom stereocenters. The van der Waals surface area contributed by atoms with Crippen LogP contribution in [0.3, 0.4) is 0 Å². The number of allylic oxidation sites excluding steroid dienone is 2. The van der Waals surface area contributed by atoms with Crippen LogP contribution in [0.4, 0.5) is 26.3 Å². The van der Waals surface area contributed by atoms with Gasteiger partial charge in [-0.15, -0.1) is 0 Å². The zero-order valence-electron chi connectivity index (χ0n) is 9.39. The van der Waals surface area contributed by atoms with Gasteiger partial charge < -0.3 is 0 Å². The number of hydrogen-bond acceptors (Lipinski definition) is 2. The lowest BCUT2D eigenvalue weighted by Gasteiger charge is -2.19. The SMILES string of the molecule is O=C1C=CC(=O)c2cc(C(F)(F)F)c(C(F)(F)F)cc21. The third-order valence-electron chi connectivity index (χ3n) is 2.69. The molecule has 20 heavy (non-hydrogen) atoms. The molecule has 0 radical (unpaired) electrons. The zero-order chi connectivity index (χ0) is 15.3. The largest absolute Gasteiger partial charge is 0.417 e. The Morgan fingerprint density at radius 3 is 1.20 bits per heavy atom. The van der Waals surface area contributed by atoms with Gasteiger partial charge in [-0.2, -0.15) is 26.3 Å². The fourth-order valence-corrected chi connectivity index (χ4v) is 1.81. The van der Waals surface area contributed by atoms with E-state index in [1.54, 1.807) is 0 Å². The molecule has 8 heteroatoms. The highest BCUT2D eigenvalue weighted by Crippen LogP contribution is 2.42. The summed E-state index contributed by atoms with van der Waals surface area (Å²) in [6, 6.07) is 0.143. The van der Waals surface area contributed by atoms with Crippen molar-refractivity contribution in [3.05, 3.63) is 46.5 Å². The van der Waals surface area contributed by atoms with Gasteiger partial charge in [-0.1, -0.05) is 0 Å². The molecule has 1 aliphatic rings. The van der Waals surface area contributed by atoms with Crippen molar-refractivity contribution >= 4 is 11.6 Å². The average molecular weight is 294 g/mol. The predicted octanol–water partition coefficient (Wildman–Crippen LogP) is 3.66. The maximum absolute atomic E-state index is 12.7. The molecule has 0 heterocycles. The number of carbonyl (C=O) groups is 2. The van der Waals surface area contributed by atoms with Gasteiger partial charge in [-0.3, -0.25) is 9.59 Å². The molecule has 0 amide bonds. The summed E-state index contributed by atoms with van der Waals surface area (Å²) in [5.74, 6) is -1.89. The van der Waals surface area contributed by atoms with Gasteiger partial charge in [-0.25, -0.2) is 0 Å². The van der Waals surface area contributed by atoms with Gasteiger partial charge in [0.25, 0.3) is 0 Å². The molecule has 0 bridgehead atoms. The van der Waals surface area contributed by atoms with Crippen LogP contribution in [-0.2, 0) is 12.4 Å². The highest BCUT2D eigenvalue weighted by Gasteiger charge is 2.44. The topological polar surface area (TPSA) is 34.1 Å². The van der Waals surface area contributed by atoms with Gasteiger partial charge in [-0.05, 0) is 24.3 Å². The molecule has 2 rings (SSSR count). The summed E-state index contributed by atoms with van der Waals surface area (Å²) in [6.45, 7) is 0. The molecule has 2 nitrogen and oxygen atoms in total. The summed E-state index contributed by atoms with van der Waals surface area (Å²) in [4.78, 5) is 22.8. The molecule has 0 saturated heterocycles. The van der Waals surface area contributed by atoms with Gasteiger partial charge in [0.1, 0.15) is 0 Å². The van der Waals surface area contributed by atoms with Crippen molar-refractivity contribution in [1.82, 2.24) is 0 Å². The summed E-state index contributed by atoms with van der Waals surface area (Å²) in [7, 11) is 0. The standard InChI is InChI=1S/C12H4F6O2/c13-11(14,15)7-3-5-6(4-8(7)12(16,17)18)10(20)2-1-9(5)19/h1-4H. The maximum Gasteiger partial charge on any atom is 0.417 e. The summed E-state index contributed by atoms with van der Waals surface area (Å²) in [5.41, 5.74) is -5.34. The third kappa shape index (κ3) is 2.33. The van der Waals surface area contributed by atoms with Crippen LogP contribution in [0.5, 0.6) is 0 Å². The minimum atomic E-state index is -5.29. The molecule has 1 aliphatic carbocycles. The van der Waals surface area contributed by atoms with E-state index in [0.29, 0.717) is 0 Å². The molecule has 0 aliphatic heterocycles. The first-order valence-electron chi connectivity index (χ1n) is 5.11. The van der Waals surface area contributed by atoms with E-state index in [1.165, 1.54) is 0 Å². The van der Waals surface area contributed by atoms with E-state index in [9.17, 15) is 35.9 Å². The van der Waals surface area contributed by atoms with Crippen molar-refractivity contribution in [1.29, 1.82) is 0 Å². The van der Waals surface area contributed by atoms with Crippen molar-refractivity contribution in [2.75, 3.05) is 0 Å². The van der Waals surface area contributed by atoms with E-state index < -0.39 is 46.2 Å². The Labute approximate surface area is 107 Å². The van der Waals surface area contributed by atoms with E-state index in [2.05, 4.69) is 0 Å². The first kappa shape index (κ1) is 14.3. The number of hydrogen-bond donors (Lipinski definition) is 0. The van der Waals surface area contributed by atoms with Crippen LogP contribution in [0.2, 0.25) is 0 Å².